The Morgan fingerprint density at radius 3 is 2.75 bits per heavy atom. The number of hydrogen-bond donors (Lipinski definition) is 0. The second-order valence-electron chi connectivity index (χ2n) is 2.62. The number of halogens is 1. The Bertz CT molecular complexity index is 293. The molecule has 64 valence electrons. The van der Waals surface area contributed by atoms with Crippen LogP contribution in [0.4, 0.5) is 0 Å². The molecule has 0 saturated carbocycles. The quantitative estimate of drug-likeness (QED) is 0.501. The van der Waals surface area contributed by atoms with Gasteiger partial charge in [0.15, 0.2) is 0 Å². The number of rotatable bonds is 1. The molecule has 0 radical (unpaired) electrons. The van der Waals surface area contributed by atoms with E-state index in [1.54, 1.807) is 0 Å². The van der Waals surface area contributed by atoms with Crippen LogP contribution in [0.25, 0.3) is 0 Å². The van der Waals surface area contributed by atoms with Gasteiger partial charge in [0.25, 0.3) is 0 Å². The normalized spacial score (nSPS) is 31.5. The molecule has 12 heavy (non-hydrogen) atoms. The van der Waals surface area contributed by atoms with Gasteiger partial charge in [-0.1, -0.05) is 28.1 Å². The number of methoxy groups -OCH3 is 1. The molecular formula is C8H7BrO3. The van der Waals surface area contributed by atoms with Gasteiger partial charge in [-0.25, -0.2) is 4.79 Å². The molecule has 2 heterocycles. The molecule has 0 fully saturated rings. The van der Waals surface area contributed by atoms with E-state index in [1.807, 2.05) is 12.2 Å². The van der Waals surface area contributed by atoms with Crippen molar-refractivity contribution in [1.29, 1.82) is 0 Å². The maximum Gasteiger partial charge on any atom is 0.337 e. The standard InChI is InChI=1S/C8H7BrO3/c1-11-8(10)6-4-2-3-5(12-4)7(6)9/h2-5H,1H3/t4-,5+/m0/s1. The van der Waals surface area contributed by atoms with Gasteiger partial charge in [0.05, 0.1) is 12.7 Å². The lowest BCUT2D eigenvalue weighted by molar-refractivity contribution is -0.136. The Kier molecular flexibility index (Phi) is 1.81. The third-order valence-corrected chi connectivity index (χ3v) is 2.83. The second kappa shape index (κ2) is 2.71. The molecule has 4 heteroatoms. The summed E-state index contributed by atoms with van der Waals surface area (Å²) in [5.41, 5.74) is 0.588. The minimum absolute atomic E-state index is 0.0795. The zero-order valence-corrected chi connectivity index (χ0v) is 8.00. The van der Waals surface area contributed by atoms with Gasteiger partial charge in [0.1, 0.15) is 12.2 Å². The molecule has 0 spiro atoms. The van der Waals surface area contributed by atoms with E-state index in [1.165, 1.54) is 7.11 Å². The summed E-state index contributed by atoms with van der Waals surface area (Å²) < 4.78 is 10.8. The first-order valence-corrected chi connectivity index (χ1v) is 4.35. The summed E-state index contributed by atoms with van der Waals surface area (Å²) in [4.78, 5) is 11.2. The lowest BCUT2D eigenvalue weighted by Gasteiger charge is -2.05. The van der Waals surface area contributed by atoms with Crippen LogP contribution < -0.4 is 0 Å². The zero-order chi connectivity index (χ0) is 8.72. The molecule has 0 N–H and O–H groups in total. The third kappa shape index (κ3) is 0.949. The van der Waals surface area contributed by atoms with Crippen molar-refractivity contribution in [3.63, 3.8) is 0 Å². The van der Waals surface area contributed by atoms with Crippen molar-refractivity contribution in [1.82, 2.24) is 0 Å². The first kappa shape index (κ1) is 8.01. The zero-order valence-electron chi connectivity index (χ0n) is 6.41. The fourth-order valence-corrected chi connectivity index (χ4v) is 2.02. The van der Waals surface area contributed by atoms with Gasteiger partial charge in [-0.2, -0.15) is 0 Å². The van der Waals surface area contributed by atoms with Gasteiger partial charge < -0.3 is 9.47 Å². The van der Waals surface area contributed by atoms with E-state index in [4.69, 9.17) is 4.74 Å². The van der Waals surface area contributed by atoms with Crippen LogP contribution in [0.5, 0.6) is 0 Å². The van der Waals surface area contributed by atoms with E-state index >= 15 is 0 Å². The van der Waals surface area contributed by atoms with Gasteiger partial charge in [-0.05, 0) is 0 Å². The van der Waals surface area contributed by atoms with Crippen LogP contribution in [0.1, 0.15) is 0 Å². The number of carbonyl (C=O) groups is 1. The van der Waals surface area contributed by atoms with Crippen molar-refractivity contribution in [3.05, 3.63) is 22.2 Å². The number of esters is 1. The Labute approximate surface area is 78.2 Å². The predicted octanol–water partition coefficient (Wildman–Crippen LogP) is 1.15. The Hall–Kier alpha value is -0.610. The Morgan fingerprint density at radius 1 is 1.58 bits per heavy atom. The molecule has 2 aliphatic heterocycles. The summed E-state index contributed by atoms with van der Waals surface area (Å²) in [7, 11) is 1.37. The van der Waals surface area contributed by atoms with Crippen molar-refractivity contribution in [2.75, 3.05) is 7.11 Å². The molecular weight excluding hydrogens is 224 g/mol. The van der Waals surface area contributed by atoms with Gasteiger partial charge in [-0.3, -0.25) is 0 Å². The van der Waals surface area contributed by atoms with E-state index in [9.17, 15) is 4.79 Å². The number of fused-ring (bicyclic) bond motifs is 2. The molecule has 2 atom stereocenters. The van der Waals surface area contributed by atoms with E-state index in [-0.39, 0.29) is 18.2 Å². The van der Waals surface area contributed by atoms with E-state index in [0.717, 1.165) is 4.48 Å². The fourth-order valence-electron chi connectivity index (χ4n) is 1.37. The average Bonchev–Trinajstić information content (AvgIpc) is 2.63. The van der Waals surface area contributed by atoms with E-state index in [2.05, 4.69) is 20.7 Å². The van der Waals surface area contributed by atoms with Gasteiger partial charge in [-0.15, -0.1) is 0 Å². The van der Waals surface area contributed by atoms with Crippen molar-refractivity contribution >= 4 is 21.9 Å². The maximum atomic E-state index is 11.2. The summed E-state index contributed by atoms with van der Waals surface area (Å²) in [6, 6.07) is 0. The minimum Gasteiger partial charge on any atom is -0.466 e. The minimum atomic E-state index is -0.321. The highest BCUT2D eigenvalue weighted by Gasteiger charge is 2.39. The summed E-state index contributed by atoms with van der Waals surface area (Å²) in [5.74, 6) is -0.321. The van der Waals surface area contributed by atoms with Gasteiger partial charge >= 0.3 is 5.97 Å². The highest BCUT2D eigenvalue weighted by atomic mass is 79.9. The largest absolute Gasteiger partial charge is 0.466 e. The van der Waals surface area contributed by atoms with Gasteiger partial charge in [0.2, 0.25) is 0 Å². The molecule has 0 unspecified atom stereocenters. The molecule has 0 saturated heterocycles. The van der Waals surface area contributed by atoms with Crippen LogP contribution in [-0.2, 0) is 14.3 Å². The van der Waals surface area contributed by atoms with Crippen LogP contribution in [0, 0.1) is 0 Å². The average molecular weight is 231 g/mol. The molecule has 0 amide bonds. The third-order valence-electron chi connectivity index (χ3n) is 1.95. The van der Waals surface area contributed by atoms with E-state index < -0.39 is 0 Å². The predicted molar refractivity (Wildman–Crippen MR) is 45.8 cm³/mol. The monoisotopic (exact) mass is 230 g/mol. The summed E-state index contributed by atoms with van der Waals surface area (Å²) in [5, 5.41) is 0. The maximum absolute atomic E-state index is 11.2. The van der Waals surface area contributed by atoms with Crippen LogP contribution in [-0.4, -0.2) is 25.3 Å². The Balaban J connectivity index is 2.32. The van der Waals surface area contributed by atoms with Crippen molar-refractivity contribution in [2.24, 2.45) is 0 Å². The lowest BCUT2D eigenvalue weighted by Crippen LogP contribution is -2.14. The van der Waals surface area contributed by atoms with Crippen molar-refractivity contribution in [2.45, 2.75) is 12.2 Å². The van der Waals surface area contributed by atoms with Crippen LogP contribution in [0.15, 0.2) is 22.2 Å². The second-order valence-corrected chi connectivity index (χ2v) is 3.47. The summed E-state index contributed by atoms with van der Waals surface area (Å²) in [6.07, 6.45) is 3.49. The van der Waals surface area contributed by atoms with Crippen molar-refractivity contribution in [3.8, 4) is 0 Å². The smallest absolute Gasteiger partial charge is 0.337 e. The topological polar surface area (TPSA) is 35.5 Å². The van der Waals surface area contributed by atoms with Crippen LogP contribution in [0.3, 0.4) is 0 Å². The lowest BCUT2D eigenvalue weighted by atomic mass is 10.1. The molecule has 3 nitrogen and oxygen atoms in total. The highest BCUT2D eigenvalue weighted by molar-refractivity contribution is 9.11. The summed E-state index contributed by atoms with van der Waals surface area (Å²) >= 11 is 3.31. The van der Waals surface area contributed by atoms with Crippen LogP contribution in [0.2, 0.25) is 0 Å². The number of ether oxygens (including phenoxy) is 2. The molecule has 0 aromatic heterocycles. The molecule has 0 aromatic rings. The first-order chi connectivity index (χ1) is 5.74. The molecule has 0 aromatic carbocycles. The van der Waals surface area contributed by atoms with E-state index in [0.29, 0.717) is 5.57 Å². The number of carbonyl (C=O) groups excluding carboxylic acids is 1. The molecule has 2 rings (SSSR count). The molecule has 2 bridgehead atoms. The SMILES string of the molecule is COC(=O)C1=C(Br)[C@H]2C=C[C@@H]1O2. The number of hydrogen-bond acceptors (Lipinski definition) is 3. The van der Waals surface area contributed by atoms with Crippen molar-refractivity contribution < 1.29 is 14.3 Å². The highest BCUT2D eigenvalue weighted by Crippen LogP contribution is 2.37. The summed E-state index contributed by atoms with van der Waals surface area (Å²) in [6.45, 7) is 0. The fraction of sp³-hybridized carbons (Fsp3) is 0.375. The first-order valence-electron chi connectivity index (χ1n) is 3.55. The Morgan fingerprint density at radius 2 is 2.25 bits per heavy atom. The van der Waals surface area contributed by atoms with Crippen LogP contribution >= 0.6 is 15.9 Å². The van der Waals surface area contributed by atoms with Gasteiger partial charge in [0, 0.05) is 4.48 Å². The molecule has 0 aliphatic carbocycles. The molecule has 2 aliphatic rings.